The second-order valence-corrected chi connectivity index (χ2v) is 10.6. The van der Waals surface area contributed by atoms with Crippen LogP contribution in [-0.2, 0) is 31.8 Å². The van der Waals surface area contributed by atoms with Gasteiger partial charge in [-0.05, 0) is 55.3 Å². The summed E-state index contributed by atoms with van der Waals surface area (Å²) in [5.74, 6) is -4.15. The Bertz CT molecular complexity index is 1120. The zero-order valence-corrected chi connectivity index (χ0v) is 21.7. The number of hydrogen-bond donors (Lipinski definition) is 5. The molecular formula is C25H32N3O8P-2. The molecule has 37 heavy (non-hydrogen) atoms. The van der Waals surface area contributed by atoms with Crippen LogP contribution in [-0.4, -0.2) is 45.8 Å². The molecule has 0 unspecified atom stereocenters. The maximum absolute atomic E-state index is 13.2. The summed E-state index contributed by atoms with van der Waals surface area (Å²) in [7, 11) is -5.33. The molecule has 0 bridgehead atoms. The van der Waals surface area contributed by atoms with E-state index in [2.05, 4.69) is 16.0 Å². The van der Waals surface area contributed by atoms with E-state index < -0.39 is 43.2 Å². The van der Waals surface area contributed by atoms with Crippen molar-refractivity contribution in [3.63, 3.8) is 0 Å². The molecule has 0 saturated heterocycles. The molecule has 0 aliphatic rings. The van der Waals surface area contributed by atoms with Crippen molar-refractivity contribution in [1.29, 1.82) is 0 Å². The molecule has 12 heteroatoms. The second-order valence-electron chi connectivity index (χ2n) is 8.93. The molecule has 0 heterocycles. The molecule has 202 valence electrons. The van der Waals surface area contributed by atoms with E-state index >= 15 is 0 Å². The van der Waals surface area contributed by atoms with Crippen LogP contribution >= 0.6 is 7.60 Å². The van der Waals surface area contributed by atoms with Crippen molar-refractivity contribution in [3.8, 4) is 11.5 Å². The lowest BCUT2D eigenvalue weighted by Gasteiger charge is -2.39. The summed E-state index contributed by atoms with van der Waals surface area (Å²) in [5.41, 5.74) is 0.928. The zero-order chi connectivity index (χ0) is 27.8. The van der Waals surface area contributed by atoms with Crippen molar-refractivity contribution in [2.75, 3.05) is 0 Å². The molecule has 0 spiro atoms. The first kappa shape index (κ1) is 29.8. The summed E-state index contributed by atoms with van der Waals surface area (Å²) < 4.78 is 12.0. The second kappa shape index (κ2) is 13.2. The number of rotatable bonds is 12. The van der Waals surface area contributed by atoms with Gasteiger partial charge in [-0.2, -0.15) is 0 Å². The van der Waals surface area contributed by atoms with Crippen LogP contribution in [0.1, 0.15) is 38.3 Å². The summed E-state index contributed by atoms with van der Waals surface area (Å²) in [6, 6.07) is 9.07. The normalized spacial score (nSPS) is 14.6. The Labute approximate surface area is 215 Å². The van der Waals surface area contributed by atoms with Gasteiger partial charge in [0, 0.05) is 13.3 Å². The van der Waals surface area contributed by atoms with Gasteiger partial charge in [0.05, 0.1) is 5.78 Å². The first-order valence-corrected chi connectivity index (χ1v) is 13.4. The average molecular weight is 534 g/mol. The van der Waals surface area contributed by atoms with E-state index in [1.54, 1.807) is 6.92 Å². The molecule has 2 aromatic carbocycles. The van der Waals surface area contributed by atoms with Gasteiger partial charge in [-0.25, -0.2) is 0 Å². The highest BCUT2D eigenvalue weighted by Gasteiger charge is 2.30. The summed E-state index contributed by atoms with van der Waals surface area (Å²) in [5, 5.41) is 26.4. The van der Waals surface area contributed by atoms with Crippen molar-refractivity contribution in [3.05, 3.63) is 59.7 Å². The minimum absolute atomic E-state index is 0.0103. The van der Waals surface area contributed by atoms with Gasteiger partial charge < -0.3 is 40.5 Å². The Hall–Kier alpha value is -3.40. The van der Waals surface area contributed by atoms with Crippen LogP contribution in [0.15, 0.2) is 48.5 Å². The largest absolute Gasteiger partial charge is 0.809 e. The number of hydrogen-bond acceptors (Lipinski definition) is 8. The standard InChI is InChI=1S/C25H34N3O8P/c1-4-15(2)23(26-16(3)29)25(33)27-21(13-17-5-9-19(30)10-6-17)24(32)28-22(37(34,35)36)14-18-7-11-20(31)12-8-18/h5-12,15,21-23,30-31H,4,13-14H2,1-3H3,(H,26,29)(H,27,33)(H,28,32)(H2,34,35,36)/p-2/t15-,21-,22+,23-/m0/s1. The van der Waals surface area contributed by atoms with E-state index in [1.165, 1.54) is 55.5 Å². The Morgan fingerprint density at radius 2 is 1.32 bits per heavy atom. The Morgan fingerprint density at radius 3 is 1.76 bits per heavy atom. The van der Waals surface area contributed by atoms with Crippen LogP contribution in [0.25, 0.3) is 0 Å². The van der Waals surface area contributed by atoms with E-state index in [0.29, 0.717) is 17.5 Å². The van der Waals surface area contributed by atoms with Crippen LogP contribution in [0.3, 0.4) is 0 Å². The summed E-state index contributed by atoms with van der Waals surface area (Å²) in [6.07, 6.45) is 0.119. The Morgan fingerprint density at radius 1 is 0.838 bits per heavy atom. The fourth-order valence-corrected chi connectivity index (χ4v) is 4.34. The van der Waals surface area contributed by atoms with Gasteiger partial charge >= 0.3 is 0 Å². The van der Waals surface area contributed by atoms with Gasteiger partial charge in [0.1, 0.15) is 23.6 Å². The van der Waals surface area contributed by atoms with Gasteiger partial charge in [-0.1, -0.05) is 44.5 Å². The predicted octanol–water partition coefficient (Wildman–Crippen LogP) is 0.275. The van der Waals surface area contributed by atoms with Crippen molar-refractivity contribution in [1.82, 2.24) is 16.0 Å². The minimum Gasteiger partial charge on any atom is -0.809 e. The molecule has 11 nitrogen and oxygen atoms in total. The summed E-state index contributed by atoms with van der Waals surface area (Å²) in [6.45, 7) is 4.85. The highest BCUT2D eigenvalue weighted by atomic mass is 31.2. The van der Waals surface area contributed by atoms with E-state index in [9.17, 15) is 38.9 Å². The number of nitrogens with one attached hydrogen (secondary N) is 3. The third-order valence-corrected chi connectivity index (χ3v) is 6.99. The topological polar surface area (TPSA) is 191 Å². The van der Waals surface area contributed by atoms with Crippen LogP contribution in [0, 0.1) is 5.92 Å². The monoisotopic (exact) mass is 533 g/mol. The van der Waals surface area contributed by atoms with E-state index in [0.717, 1.165) is 0 Å². The van der Waals surface area contributed by atoms with E-state index in [1.807, 2.05) is 6.92 Å². The van der Waals surface area contributed by atoms with Crippen molar-refractivity contribution in [2.24, 2.45) is 5.92 Å². The number of benzene rings is 2. The Balaban J connectivity index is 2.32. The molecule has 2 rings (SSSR count). The third kappa shape index (κ3) is 9.53. The number of phenolic OH excluding ortho intramolecular Hbond substituents is 2. The average Bonchev–Trinajstić information content (AvgIpc) is 2.83. The number of amides is 3. The van der Waals surface area contributed by atoms with Gasteiger partial charge in [0.25, 0.3) is 0 Å². The number of phenols is 2. The van der Waals surface area contributed by atoms with Crippen molar-refractivity contribution < 1.29 is 38.9 Å². The molecule has 0 aliphatic carbocycles. The van der Waals surface area contributed by atoms with Crippen LogP contribution in [0.5, 0.6) is 11.5 Å². The first-order valence-electron chi connectivity index (χ1n) is 11.8. The highest BCUT2D eigenvalue weighted by Crippen LogP contribution is 2.32. The van der Waals surface area contributed by atoms with Gasteiger partial charge in [0.15, 0.2) is 0 Å². The quantitative estimate of drug-likeness (QED) is 0.240. The number of aromatic hydroxyl groups is 2. The maximum atomic E-state index is 13.2. The molecule has 0 fully saturated rings. The smallest absolute Gasteiger partial charge is 0.243 e. The van der Waals surface area contributed by atoms with Crippen molar-refractivity contribution in [2.45, 2.75) is 57.9 Å². The van der Waals surface area contributed by atoms with Gasteiger partial charge in [0.2, 0.25) is 17.7 Å². The molecule has 0 saturated carbocycles. The van der Waals surface area contributed by atoms with Crippen LogP contribution < -0.4 is 25.7 Å². The first-order chi connectivity index (χ1) is 17.3. The molecule has 0 aromatic heterocycles. The summed E-state index contributed by atoms with van der Waals surface area (Å²) >= 11 is 0. The lowest BCUT2D eigenvalue weighted by atomic mass is 9.97. The molecule has 0 radical (unpaired) electrons. The maximum Gasteiger partial charge on any atom is 0.243 e. The zero-order valence-electron chi connectivity index (χ0n) is 20.8. The Kier molecular flexibility index (Phi) is 10.7. The minimum atomic E-state index is -5.33. The van der Waals surface area contributed by atoms with Gasteiger partial charge in [-0.15, -0.1) is 0 Å². The molecule has 5 N–H and O–H groups in total. The lowest BCUT2D eigenvalue weighted by Crippen LogP contribution is -2.57. The molecule has 0 aliphatic heterocycles. The van der Waals surface area contributed by atoms with Gasteiger partial charge in [-0.3, -0.25) is 14.4 Å². The fourth-order valence-electron chi connectivity index (χ4n) is 3.62. The SMILES string of the molecule is CC[C@H](C)[C@H](NC(C)=O)C(=O)N[C@@H](Cc1ccc(O)cc1)C(=O)N[C@@H](Cc1ccc(O)cc1)P(=O)([O-])[O-]. The van der Waals surface area contributed by atoms with Crippen molar-refractivity contribution >= 4 is 25.3 Å². The molecule has 2 aromatic rings. The molecule has 4 atom stereocenters. The molecular weight excluding hydrogens is 501 g/mol. The predicted molar refractivity (Wildman–Crippen MR) is 132 cm³/mol. The number of carbonyl (C=O) groups excluding carboxylic acids is 3. The van der Waals surface area contributed by atoms with E-state index in [-0.39, 0.29) is 30.3 Å². The van der Waals surface area contributed by atoms with E-state index in [4.69, 9.17) is 0 Å². The fraction of sp³-hybridized carbons (Fsp3) is 0.400. The third-order valence-electron chi connectivity index (χ3n) is 5.92. The van der Waals surface area contributed by atoms with Crippen LogP contribution in [0.4, 0.5) is 0 Å². The van der Waals surface area contributed by atoms with Crippen LogP contribution in [0.2, 0.25) is 0 Å². The lowest BCUT2D eigenvalue weighted by molar-refractivity contribution is -0.317. The highest BCUT2D eigenvalue weighted by molar-refractivity contribution is 7.49. The molecule has 3 amide bonds. The summed E-state index contributed by atoms with van der Waals surface area (Å²) in [4.78, 5) is 62.0. The number of carbonyl (C=O) groups is 3.